The Morgan fingerprint density at radius 1 is 1.42 bits per heavy atom. The molecule has 1 aromatic rings. The molecule has 0 atom stereocenters. The molecule has 6 heteroatoms. The second-order valence-electron chi connectivity index (χ2n) is 3.65. The maximum absolute atomic E-state index is 5.57. The summed E-state index contributed by atoms with van der Waals surface area (Å²) >= 11 is 1.35. The van der Waals surface area contributed by atoms with Crippen molar-refractivity contribution in [3.63, 3.8) is 0 Å². The summed E-state index contributed by atoms with van der Waals surface area (Å²) in [6.07, 6.45) is 4.42. The first-order valence-electron chi connectivity index (χ1n) is 5.92. The summed E-state index contributed by atoms with van der Waals surface area (Å²) in [4.78, 5) is 0. The third-order valence-electron chi connectivity index (χ3n) is 2.22. The zero-order valence-corrected chi connectivity index (χ0v) is 12.2. The molecule has 0 saturated carbocycles. The molecule has 0 bridgehead atoms. The van der Waals surface area contributed by atoms with Gasteiger partial charge in [-0.2, -0.15) is 5.10 Å². The number of nitrogens with zero attached hydrogens (tertiary/aromatic N) is 2. The van der Waals surface area contributed by atoms with E-state index in [1.54, 1.807) is 13.3 Å². The van der Waals surface area contributed by atoms with Crippen molar-refractivity contribution < 1.29 is 9.47 Å². The Hall–Kier alpha value is -1.69. The van der Waals surface area contributed by atoms with Crippen LogP contribution in [0.2, 0.25) is 0 Å². The van der Waals surface area contributed by atoms with Crippen LogP contribution in [-0.2, 0) is 0 Å². The number of hydrogen-bond acceptors (Lipinski definition) is 5. The number of hydrogen-bond donors (Lipinski definition) is 1. The predicted molar refractivity (Wildman–Crippen MR) is 81.5 cm³/mol. The molecular weight excluding hydrogens is 262 g/mol. The van der Waals surface area contributed by atoms with Gasteiger partial charge in [0.15, 0.2) is 16.7 Å². The van der Waals surface area contributed by atoms with Crippen LogP contribution in [0.15, 0.2) is 28.4 Å². The van der Waals surface area contributed by atoms with Crippen molar-refractivity contribution in [2.24, 2.45) is 15.9 Å². The van der Waals surface area contributed by atoms with Gasteiger partial charge in [0.25, 0.3) is 0 Å². The minimum atomic E-state index is 0.422. The normalized spacial score (nSPS) is 11.8. The van der Waals surface area contributed by atoms with Gasteiger partial charge in [-0.25, -0.2) is 0 Å². The van der Waals surface area contributed by atoms with Crippen LogP contribution < -0.4 is 15.2 Å². The summed E-state index contributed by atoms with van der Waals surface area (Å²) < 4.78 is 10.9. The fraction of sp³-hybridized carbons (Fsp3) is 0.385. The summed E-state index contributed by atoms with van der Waals surface area (Å²) in [5.41, 5.74) is 6.40. The molecule has 1 aromatic carbocycles. The van der Waals surface area contributed by atoms with Gasteiger partial charge < -0.3 is 15.2 Å². The summed E-state index contributed by atoms with van der Waals surface area (Å²) in [5.74, 6) is 1.41. The number of methoxy groups -OCH3 is 1. The number of amidine groups is 1. The SMILES string of the molecule is CCCOc1ccc(/C=N\N=C(/N)SC)cc1OC. The minimum Gasteiger partial charge on any atom is -0.493 e. The first kappa shape index (κ1) is 15.4. The second-order valence-corrected chi connectivity index (χ2v) is 4.47. The molecule has 5 nitrogen and oxygen atoms in total. The number of ether oxygens (including phenoxy) is 2. The van der Waals surface area contributed by atoms with Gasteiger partial charge in [0.1, 0.15) is 0 Å². The number of nitrogens with two attached hydrogens (primary N) is 1. The maximum atomic E-state index is 5.57. The molecule has 0 fully saturated rings. The van der Waals surface area contributed by atoms with E-state index in [1.807, 2.05) is 24.5 Å². The Balaban J connectivity index is 2.81. The van der Waals surface area contributed by atoms with E-state index in [0.29, 0.717) is 17.5 Å². The summed E-state index contributed by atoms with van der Waals surface area (Å²) in [5, 5.41) is 8.14. The number of benzene rings is 1. The summed E-state index contributed by atoms with van der Waals surface area (Å²) in [6, 6.07) is 5.60. The first-order chi connectivity index (χ1) is 9.21. The average Bonchev–Trinajstić information content (AvgIpc) is 2.45. The van der Waals surface area contributed by atoms with Crippen LogP contribution in [0, 0.1) is 0 Å². The van der Waals surface area contributed by atoms with E-state index >= 15 is 0 Å². The van der Waals surface area contributed by atoms with Gasteiger partial charge >= 0.3 is 0 Å². The van der Waals surface area contributed by atoms with Gasteiger partial charge in [-0.05, 0) is 36.4 Å². The van der Waals surface area contributed by atoms with E-state index in [2.05, 4.69) is 17.1 Å². The van der Waals surface area contributed by atoms with E-state index < -0.39 is 0 Å². The van der Waals surface area contributed by atoms with Crippen molar-refractivity contribution in [2.75, 3.05) is 20.0 Å². The largest absolute Gasteiger partial charge is 0.493 e. The second kappa shape index (κ2) is 8.42. The van der Waals surface area contributed by atoms with Gasteiger partial charge in [-0.15, -0.1) is 5.10 Å². The van der Waals surface area contributed by atoms with Crippen molar-refractivity contribution in [3.8, 4) is 11.5 Å². The smallest absolute Gasteiger partial charge is 0.180 e. The highest BCUT2D eigenvalue weighted by Gasteiger charge is 2.04. The Morgan fingerprint density at radius 3 is 2.84 bits per heavy atom. The highest BCUT2D eigenvalue weighted by molar-refractivity contribution is 8.13. The standard InChI is InChI=1S/C13H19N3O2S/c1-4-7-18-11-6-5-10(8-12(11)17-2)9-15-16-13(14)19-3/h5-6,8-9H,4,7H2,1-3H3,(H2,14,16)/b15-9-. The Bertz CT molecular complexity index is 461. The molecule has 0 aromatic heterocycles. The topological polar surface area (TPSA) is 69.2 Å². The molecule has 0 spiro atoms. The molecule has 104 valence electrons. The molecule has 2 N–H and O–H groups in total. The molecule has 1 rings (SSSR count). The monoisotopic (exact) mass is 281 g/mol. The van der Waals surface area contributed by atoms with Gasteiger partial charge in [-0.3, -0.25) is 0 Å². The summed E-state index contributed by atoms with van der Waals surface area (Å²) in [7, 11) is 1.61. The molecule has 0 heterocycles. The lowest BCUT2D eigenvalue weighted by Crippen LogP contribution is -2.04. The van der Waals surface area contributed by atoms with Crippen LogP contribution in [0.4, 0.5) is 0 Å². The fourth-order valence-corrected chi connectivity index (χ4v) is 1.42. The highest BCUT2D eigenvalue weighted by Crippen LogP contribution is 2.27. The lowest BCUT2D eigenvalue weighted by Gasteiger charge is -2.10. The van der Waals surface area contributed by atoms with Gasteiger partial charge in [0, 0.05) is 0 Å². The quantitative estimate of drug-likeness (QED) is 0.494. The molecule has 0 unspecified atom stereocenters. The van der Waals surface area contributed by atoms with Crippen molar-refractivity contribution in [3.05, 3.63) is 23.8 Å². The Kier molecular flexibility index (Phi) is 6.81. The summed E-state index contributed by atoms with van der Waals surface area (Å²) in [6.45, 7) is 2.72. The molecule has 0 amide bonds. The molecule has 0 saturated heterocycles. The molecule has 0 aliphatic heterocycles. The zero-order chi connectivity index (χ0) is 14.1. The predicted octanol–water partition coefficient (Wildman–Crippen LogP) is 2.50. The van der Waals surface area contributed by atoms with Crippen LogP contribution >= 0.6 is 11.8 Å². The van der Waals surface area contributed by atoms with Crippen LogP contribution in [0.5, 0.6) is 11.5 Å². The molecular formula is C13H19N3O2S. The molecule has 0 radical (unpaired) electrons. The van der Waals surface area contributed by atoms with E-state index in [1.165, 1.54) is 11.8 Å². The third kappa shape index (κ3) is 5.21. The van der Waals surface area contributed by atoms with Gasteiger partial charge in [-0.1, -0.05) is 18.7 Å². The van der Waals surface area contributed by atoms with Crippen LogP contribution in [0.3, 0.4) is 0 Å². The lowest BCUT2D eigenvalue weighted by atomic mass is 10.2. The zero-order valence-electron chi connectivity index (χ0n) is 11.4. The molecule has 0 aliphatic carbocycles. The van der Waals surface area contributed by atoms with Gasteiger partial charge in [0.2, 0.25) is 0 Å². The minimum absolute atomic E-state index is 0.422. The fourth-order valence-electron chi connectivity index (χ4n) is 1.29. The Morgan fingerprint density at radius 2 is 2.21 bits per heavy atom. The van der Waals surface area contributed by atoms with Crippen LogP contribution in [-0.4, -0.2) is 31.4 Å². The van der Waals surface area contributed by atoms with E-state index in [-0.39, 0.29) is 0 Å². The number of thioether (sulfide) groups is 1. The van der Waals surface area contributed by atoms with Crippen molar-refractivity contribution >= 4 is 23.1 Å². The van der Waals surface area contributed by atoms with E-state index in [4.69, 9.17) is 15.2 Å². The third-order valence-corrected chi connectivity index (χ3v) is 2.72. The van der Waals surface area contributed by atoms with Crippen molar-refractivity contribution in [1.82, 2.24) is 0 Å². The van der Waals surface area contributed by atoms with Crippen LogP contribution in [0.1, 0.15) is 18.9 Å². The van der Waals surface area contributed by atoms with E-state index in [9.17, 15) is 0 Å². The van der Waals surface area contributed by atoms with Gasteiger partial charge in [0.05, 0.1) is 19.9 Å². The van der Waals surface area contributed by atoms with Crippen molar-refractivity contribution in [2.45, 2.75) is 13.3 Å². The van der Waals surface area contributed by atoms with Crippen LogP contribution in [0.25, 0.3) is 0 Å². The Labute approximate surface area is 117 Å². The first-order valence-corrected chi connectivity index (χ1v) is 7.15. The maximum Gasteiger partial charge on any atom is 0.180 e. The van der Waals surface area contributed by atoms with Crippen molar-refractivity contribution in [1.29, 1.82) is 0 Å². The molecule has 19 heavy (non-hydrogen) atoms. The lowest BCUT2D eigenvalue weighted by molar-refractivity contribution is 0.294. The average molecular weight is 281 g/mol. The highest BCUT2D eigenvalue weighted by atomic mass is 32.2. The van der Waals surface area contributed by atoms with E-state index in [0.717, 1.165) is 17.7 Å². The molecule has 0 aliphatic rings. The number of rotatable bonds is 6.